The number of carbonyl (C=O) groups is 2. The fraction of sp³-hybridized carbons (Fsp3) is 0.462. The molecule has 2 aromatic carbocycles. The molecule has 2 fully saturated rings. The first-order valence-electron chi connectivity index (χ1n) is 12.0. The summed E-state index contributed by atoms with van der Waals surface area (Å²) in [7, 11) is 0. The van der Waals surface area contributed by atoms with E-state index in [0.29, 0.717) is 81.2 Å². The zero-order chi connectivity index (χ0) is 24.7. The van der Waals surface area contributed by atoms with Crippen LogP contribution >= 0.6 is 0 Å². The Morgan fingerprint density at radius 2 is 1.77 bits per heavy atom. The second-order valence-electron chi connectivity index (χ2n) is 9.62. The van der Waals surface area contributed by atoms with Crippen LogP contribution in [-0.2, 0) is 4.74 Å². The number of fused-ring (bicyclic) bond motifs is 1. The van der Waals surface area contributed by atoms with Crippen LogP contribution in [0.5, 0.6) is 5.75 Å². The Balaban J connectivity index is 1.32. The number of aryl methyl sites for hydroxylation is 1. The molecule has 0 unspecified atom stereocenters. The van der Waals surface area contributed by atoms with E-state index < -0.39 is 10.5 Å². The molecule has 2 saturated heterocycles. The van der Waals surface area contributed by atoms with Crippen LogP contribution in [0.15, 0.2) is 30.3 Å². The lowest BCUT2D eigenvalue weighted by Gasteiger charge is -2.44. The van der Waals surface area contributed by atoms with Crippen LogP contribution in [0.3, 0.4) is 0 Å². The Morgan fingerprint density at radius 3 is 2.46 bits per heavy atom. The number of morpholine rings is 1. The molecule has 9 heteroatoms. The molecule has 35 heavy (non-hydrogen) atoms. The van der Waals surface area contributed by atoms with Crippen molar-refractivity contribution in [2.75, 3.05) is 44.3 Å². The van der Waals surface area contributed by atoms with Gasteiger partial charge in [0, 0.05) is 50.7 Å². The van der Waals surface area contributed by atoms with Crippen molar-refractivity contribution in [1.29, 1.82) is 0 Å². The van der Waals surface area contributed by atoms with Gasteiger partial charge in [0.25, 0.3) is 11.6 Å². The van der Waals surface area contributed by atoms with E-state index in [-0.39, 0.29) is 17.4 Å². The van der Waals surface area contributed by atoms with Gasteiger partial charge in [-0.15, -0.1) is 0 Å². The van der Waals surface area contributed by atoms with Gasteiger partial charge in [0.1, 0.15) is 17.0 Å². The van der Waals surface area contributed by atoms with E-state index in [9.17, 15) is 19.7 Å². The highest BCUT2D eigenvalue weighted by Crippen LogP contribution is 2.42. The Hall–Kier alpha value is -3.46. The van der Waals surface area contributed by atoms with Gasteiger partial charge in [0.2, 0.25) is 0 Å². The van der Waals surface area contributed by atoms with Crippen LogP contribution < -0.4 is 9.64 Å². The van der Waals surface area contributed by atoms with Crippen LogP contribution in [0.25, 0.3) is 0 Å². The number of ketones is 1. The average molecular weight is 480 g/mol. The number of nitro groups is 1. The van der Waals surface area contributed by atoms with E-state index in [0.717, 1.165) is 11.1 Å². The number of benzene rings is 2. The van der Waals surface area contributed by atoms with Crippen molar-refractivity contribution in [3.8, 4) is 5.75 Å². The van der Waals surface area contributed by atoms with Crippen molar-refractivity contribution in [2.45, 2.75) is 38.7 Å². The number of Topliss-reactive ketones (excluding diaryl/α,β-unsaturated/α-hetero) is 1. The predicted octanol–water partition coefficient (Wildman–Crippen LogP) is 3.69. The molecule has 2 aromatic rings. The first-order chi connectivity index (χ1) is 16.8. The Labute approximate surface area is 203 Å². The van der Waals surface area contributed by atoms with Gasteiger partial charge in [-0.2, -0.15) is 0 Å². The fourth-order valence-electron chi connectivity index (χ4n) is 5.23. The number of rotatable bonds is 3. The van der Waals surface area contributed by atoms with Crippen molar-refractivity contribution in [1.82, 2.24) is 4.90 Å². The minimum absolute atomic E-state index is 0.0726. The van der Waals surface area contributed by atoms with Gasteiger partial charge in [0.15, 0.2) is 5.78 Å². The zero-order valence-corrected chi connectivity index (χ0v) is 20.0. The SMILES string of the molecule is Cc1ccc2c(c1C)OC1(CCN(C(=O)c3ccc(N4CCOCC4)c([N+](=O)[O-])c3)CC1)CC2=O. The van der Waals surface area contributed by atoms with Gasteiger partial charge in [-0.3, -0.25) is 19.7 Å². The lowest BCUT2D eigenvalue weighted by Crippen LogP contribution is -2.52. The van der Waals surface area contributed by atoms with Gasteiger partial charge in [-0.05, 0) is 43.2 Å². The summed E-state index contributed by atoms with van der Waals surface area (Å²) >= 11 is 0. The van der Waals surface area contributed by atoms with E-state index in [1.807, 2.05) is 30.9 Å². The molecule has 0 bridgehead atoms. The van der Waals surface area contributed by atoms with Gasteiger partial charge in [0.05, 0.1) is 30.1 Å². The minimum Gasteiger partial charge on any atom is -0.486 e. The van der Waals surface area contributed by atoms with Crippen LogP contribution in [0.4, 0.5) is 11.4 Å². The number of carbonyl (C=O) groups excluding carboxylic acids is 2. The molecule has 0 atom stereocenters. The maximum absolute atomic E-state index is 13.3. The number of ether oxygens (including phenoxy) is 2. The normalized spacial score (nSPS) is 19.3. The quantitative estimate of drug-likeness (QED) is 0.489. The predicted molar refractivity (Wildman–Crippen MR) is 129 cm³/mol. The summed E-state index contributed by atoms with van der Waals surface area (Å²) < 4.78 is 11.8. The molecule has 1 spiro atoms. The van der Waals surface area contributed by atoms with Crippen LogP contribution in [0.2, 0.25) is 0 Å². The third-order valence-corrected chi connectivity index (χ3v) is 7.51. The summed E-state index contributed by atoms with van der Waals surface area (Å²) in [6.07, 6.45) is 1.36. The molecule has 0 saturated carbocycles. The second kappa shape index (κ2) is 8.96. The van der Waals surface area contributed by atoms with E-state index in [2.05, 4.69) is 0 Å². The molecule has 184 valence electrons. The molecular formula is C26H29N3O6. The maximum atomic E-state index is 13.3. The molecular weight excluding hydrogens is 450 g/mol. The summed E-state index contributed by atoms with van der Waals surface area (Å²) in [5.41, 5.74) is 2.78. The number of hydrogen-bond donors (Lipinski definition) is 0. The van der Waals surface area contributed by atoms with Crippen molar-refractivity contribution in [3.05, 3.63) is 62.7 Å². The third-order valence-electron chi connectivity index (χ3n) is 7.51. The summed E-state index contributed by atoms with van der Waals surface area (Å²) in [4.78, 5) is 41.1. The van der Waals surface area contributed by atoms with Gasteiger partial charge < -0.3 is 19.3 Å². The summed E-state index contributed by atoms with van der Waals surface area (Å²) in [6, 6.07) is 8.47. The van der Waals surface area contributed by atoms with Crippen LogP contribution in [0.1, 0.15) is 51.1 Å². The smallest absolute Gasteiger partial charge is 0.293 e. The number of anilines is 1. The Bertz CT molecular complexity index is 1200. The molecule has 0 aromatic heterocycles. The topological polar surface area (TPSA) is 102 Å². The van der Waals surface area contributed by atoms with Crippen LogP contribution in [0, 0.1) is 24.0 Å². The number of nitrogens with zero attached hydrogens (tertiary/aromatic N) is 3. The monoisotopic (exact) mass is 479 g/mol. The Kier molecular flexibility index (Phi) is 5.96. The Morgan fingerprint density at radius 1 is 1.06 bits per heavy atom. The number of likely N-dealkylation sites (tertiary alicyclic amines) is 1. The molecule has 3 heterocycles. The van der Waals surface area contributed by atoms with Crippen LogP contribution in [-0.4, -0.2) is 66.5 Å². The zero-order valence-electron chi connectivity index (χ0n) is 20.0. The average Bonchev–Trinajstić information content (AvgIpc) is 2.87. The molecule has 9 nitrogen and oxygen atoms in total. The molecule has 3 aliphatic rings. The molecule has 1 amide bonds. The summed E-state index contributed by atoms with van der Waals surface area (Å²) in [6.45, 7) is 6.98. The van der Waals surface area contributed by atoms with Gasteiger partial charge in [-0.1, -0.05) is 6.07 Å². The third kappa shape index (κ3) is 4.25. The highest BCUT2D eigenvalue weighted by molar-refractivity contribution is 6.01. The van der Waals surface area contributed by atoms with Gasteiger partial charge in [-0.25, -0.2) is 0 Å². The number of nitro benzene ring substituents is 1. The molecule has 0 aliphatic carbocycles. The van der Waals surface area contributed by atoms with E-state index in [1.54, 1.807) is 17.0 Å². The van der Waals surface area contributed by atoms with Crippen molar-refractivity contribution in [2.24, 2.45) is 0 Å². The largest absolute Gasteiger partial charge is 0.486 e. The van der Waals surface area contributed by atoms with Crippen molar-refractivity contribution >= 4 is 23.1 Å². The van der Waals surface area contributed by atoms with E-state index >= 15 is 0 Å². The van der Waals surface area contributed by atoms with Gasteiger partial charge >= 0.3 is 0 Å². The highest BCUT2D eigenvalue weighted by atomic mass is 16.6. The first kappa shape index (κ1) is 23.3. The number of hydrogen-bond acceptors (Lipinski definition) is 7. The van der Waals surface area contributed by atoms with Crippen molar-refractivity contribution in [3.63, 3.8) is 0 Å². The molecule has 0 N–H and O–H groups in total. The number of amides is 1. The highest BCUT2D eigenvalue weighted by Gasteiger charge is 2.44. The van der Waals surface area contributed by atoms with E-state index in [1.165, 1.54) is 6.07 Å². The first-order valence-corrected chi connectivity index (χ1v) is 12.0. The summed E-state index contributed by atoms with van der Waals surface area (Å²) in [5.74, 6) is 0.491. The standard InChI is InChI=1S/C26H29N3O6/c1-17-3-5-20-23(30)16-26(35-24(20)18(17)2)7-9-28(10-8-26)25(31)19-4-6-21(22(15-19)29(32)33)27-11-13-34-14-12-27/h3-6,15H,7-14,16H2,1-2H3. The summed E-state index contributed by atoms with van der Waals surface area (Å²) in [5, 5.41) is 11.8. The lowest BCUT2D eigenvalue weighted by molar-refractivity contribution is -0.384. The molecule has 3 aliphatic heterocycles. The molecule has 5 rings (SSSR count). The maximum Gasteiger partial charge on any atom is 0.293 e. The number of piperidine rings is 1. The minimum atomic E-state index is -0.619. The second-order valence-corrected chi connectivity index (χ2v) is 9.62. The van der Waals surface area contributed by atoms with Crippen molar-refractivity contribution < 1.29 is 24.0 Å². The lowest BCUT2D eigenvalue weighted by atomic mass is 9.81. The van der Waals surface area contributed by atoms with E-state index in [4.69, 9.17) is 9.47 Å². The fourth-order valence-corrected chi connectivity index (χ4v) is 5.23. The molecule has 0 radical (unpaired) electrons.